The molecule has 0 atom stereocenters. The summed E-state index contributed by atoms with van der Waals surface area (Å²) in [6, 6.07) is 4.89. The van der Waals surface area contributed by atoms with Crippen molar-refractivity contribution in [1.82, 2.24) is 5.32 Å². The van der Waals surface area contributed by atoms with E-state index in [0.29, 0.717) is 18.7 Å². The Balaban J connectivity index is 2.80. The van der Waals surface area contributed by atoms with Gasteiger partial charge in [0.2, 0.25) is 0 Å². The van der Waals surface area contributed by atoms with Crippen LogP contribution in [0.15, 0.2) is 33.7 Å². The van der Waals surface area contributed by atoms with Gasteiger partial charge in [0.15, 0.2) is 0 Å². The van der Waals surface area contributed by atoms with Crippen LogP contribution in [0.2, 0.25) is 0 Å². The van der Waals surface area contributed by atoms with Crippen LogP contribution in [0.1, 0.15) is 5.56 Å². The lowest BCUT2D eigenvalue weighted by Gasteiger charge is -2.05. The van der Waals surface area contributed by atoms with Crippen LogP contribution in [0.5, 0.6) is 0 Å². The molecule has 1 aromatic rings. The maximum Gasteiger partial charge on any atom is 0.273 e. The Kier molecular flexibility index (Phi) is 5.11. The molecule has 0 unspecified atom stereocenters. The van der Waals surface area contributed by atoms with Gasteiger partial charge in [-0.25, -0.2) is 0 Å². The molecule has 0 heterocycles. The fraction of sp³-hybridized carbons (Fsp3) is 0.200. The van der Waals surface area contributed by atoms with Gasteiger partial charge in [0.1, 0.15) is 0 Å². The molecule has 0 fully saturated rings. The summed E-state index contributed by atoms with van der Waals surface area (Å²) >= 11 is 6.50. The molecule has 1 rings (SSSR count). The zero-order valence-corrected chi connectivity index (χ0v) is 11.5. The van der Waals surface area contributed by atoms with Crippen molar-refractivity contribution >= 4 is 37.5 Å². The Hall–Kier alpha value is -0.720. The summed E-state index contributed by atoms with van der Waals surface area (Å²) in [6.07, 6.45) is 0. The smallest absolute Gasteiger partial charge is 0.273 e. The summed E-state index contributed by atoms with van der Waals surface area (Å²) in [5.74, 6) is 0. The SMILES string of the molecule is C=C(Br)CNCc1cc(Br)ccc1[N+](=O)[O-]. The number of rotatable bonds is 5. The Labute approximate surface area is 110 Å². The minimum absolute atomic E-state index is 0.121. The third-order valence-corrected chi connectivity index (χ3v) is 2.64. The van der Waals surface area contributed by atoms with Gasteiger partial charge >= 0.3 is 0 Å². The summed E-state index contributed by atoms with van der Waals surface area (Å²) in [6.45, 7) is 4.68. The molecule has 1 aromatic carbocycles. The lowest BCUT2D eigenvalue weighted by molar-refractivity contribution is -0.385. The summed E-state index contributed by atoms with van der Waals surface area (Å²) in [4.78, 5) is 10.4. The Morgan fingerprint density at radius 2 is 2.25 bits per heavy atom. The van der Waals surface area contributed by atoms with E-state index < -0.39 is 0 Å². The Bertz CT molecular complexity index is 421. The van der Waals surface area contributed by atoms with Crippen LogP contribution >= 0.6 is 31.9 Å². The molecular weight excluding hydrogens is 340 g/mol. The van der Waals surface area contributed by atoms with Crippen molar-refractivity contribution in [3.05, 3.63) is 49.4 Å². The van der Waals surface area contributed by atoms with Crippen molar-refractivity contribution in [2.24, 2.45) is 0 Å². The zero-order valence-electron chi connectivity index (χ0n) is 8.37. The van der Waals surface area contributed by atoms with Gasteiger partial charge in [0.05, 0.1) is 4.92 Å². The molecule has 4 nitrogen and oxygen atoms in total. The number of nitrogens with zero attached hydrogens (tertiary/aromatic N) is 1. The molecule has 0 saturated heterocycles. The Morgan fingerprint density at radius 3 is 2.81 bits per heavy atom. The molecule has 0 aliphatic carbocycles. The first-order valence-corrected chi connectivity index (χ1v) is 6.06. The van der Waals surface area contributed by atoms with Gasteiger partial charge in [0.25, 0.3) is 5.69 Å². The highest BCUT2D eigenvalue weighted by atomic mass is 79.9. The monoisotopic (exact) mass is 348 g/mol. The number of halogens is 2. The highest BCUT2D eigenvalue weighted by Crippen LogP contribution is 2.22. The molecule has 0 aromatic heterocycles. The average molecular weight is 350 g/mol. The molecular formula is C10H10Br2N2O2. The Morgan fingerprint density at radius 1 is 1.56 bits per heavy atom. The summed E-state index contributed by atoms with van der Waals surface area (Å²) < 4.78 is 1.64. The van der Waals surface area contributed by atoms with E-state index in [0.717, 1.165) is 8.96 Å². The molecule has 6 heteroatoms. The molecule has 0 amide bonds. The van der Waals surface area contributed by atoms with E-state index in [2.05, 4.69) is 43.8 Å². The molecule has 1 N–H and O–H groups in total. The van der Waals surface area contributed by atoms with E-state index in [1.807, 2.05) is 0 Å². The molecule has 0 radical (unpaired) electrons. The molecule has 86 valence electrons. The highest BCUT2D eigenvalue weighted by Gasteiger charge is 2.12. The van der Waals surface area contributed by atoms with E-state index in [-0.39, 0.29) is 10.6 Å². The number of nitrogens with one attached hydrogen (secondary N) is 1. The van der Waals surface area contributed by atoms with Crippen LogP contribution in [0, 0.1) is 10.1 Å². The summed E-state index contributed by atoms with van der Waals surface area (Å²) in [5, 5.41) is 13.8. The number of nitro benzene ring substituents is 1. The van der Waals surface area contributed by atoms with Crippen LogP contribution in [0.25, 0.3) is 0 Å². The summed E-state index contributed by atoms with van der Waals surface area (Å²) in [7, 11) is 0. The molecule has 0 saturated carbocycles. The number of nitro groups is 1. The van der Waals surface area contributed by atoms with E-state index in [1.54, 1.807) is 12.1 Å². The van der Waals surface area contributed by atoms with Gasteiger partial charge in [-0.15, -0.1) is 0 Å². The van der Waals surface area contributed by atoms with E-state index >= 15 is 0 Å². The minimum atomic E-state index is -0.383. The topological polar surface area (TPSA) is 55.2 Å². The minimum Gasteiger partial charge on any atom is -0.308 e. The fourth-order valence-electron chi connectivity index (χ4n) is 1.21. The largest absolute Gasteiger partial charge is 0.308 e. The van der Waals surface area contributed by atoms with Gasteiger partial charge in [-0.05, 0) is 12.1 Å². The average Bonchev–Trinajstić information content (AvgIpc) is 2.16. The van der Waals surface area contributed by atoms with Gasteiger partial charge in [-0.2, -0.15) is 0 Å². The molecule has 16 heavy (non-hydrogen) atoms. The molecule has 0 aliphatic heterocycles. The first kappa shape index (κ1) is 13.3. The zero-order chi connectivity index (χ0) is 12.1. The van der Waals surface area contributed by atoms with Crippen molar-refractivity contribution in [1.29, 1.82) is 0 Å². The third kappa shape index (κ3) is 4.03. The quantitative estimate of drug-likeness (QED) is 0.655. The second-order valence-electron chi connectivity index (χ2n) is 3.15. The van der Waals surface area contributed by atoms with Gasteiger partial charge in [0, 0.05) is 33.7 Å². The van der Waals surface area contributed by atoms with E-state index in [1.165, 1.54) is 6.07 Å². The van der Waals surface area contributed by atoms with Crippen LogP contribution in [0.3, 0.4) is 0 Å². The first-order valence-electron chi connectivity index (χ1n) is 4.47. The predicted molar refractivity (Wildman–Crippen MR) is 70.6 cm³/mol. The fourth-order valence-corrected chi connectivity index (χ4v) is 1.81. The third-order valence-electron chi connectivity index (χ3n) is 1.87. The van der Waals surface area contributed by atoms with Gasteiger partial charge in [-0.3, -0.25) is 10.1 Å². The van der Waals surface area contributed by atoms with Gasteiger partial charge < -0.3 is 5.32 Å². The van der Waals surface area contributed by atoms with Crippen LogP contribution < -0.4 is 5.32 Å². The van der Waals surface area contributed by atoms with Crippen molar-refractivity contribution in [2.75, 3.05) is 6.54 Å². The van der Waals surface area contributed by atoms with Crippen molar-refractivity contribution in [3.63, 3.8) is 0 Å². The van der Waals surface area contributed by atoms with E-state index in [4.69, 9.17) is 0 Å². The highest BCUT2D eigenvalue weighted by molar-refractivity contribution is 9.11. The van der Waals surface area contributed by atoms with Gasteiger partial charge in [-0.1, -0.05) is 38.4 Å². The standard InChI is InChI=1S/C10H10Br2N2O2/c1-7(11)5-13-6-8-4-9(12)2-3-10(8)14(15)16/h2-4,13H,1,5-6H2. The molecule has 0 bridgehead atoms. The first-order chi connectivity index (χ1) is 7.50. The van der Waals surface area contributed by atoms with Crippen LogP contribution in [-0.2, 0) is 6.54 Å². The normalized spacial score (nSPS) is 10.1. The van der Waals surface area contributed by atoms with Crippen LogP contribution in [-0.4, -0.2) is 11.5 Å². The second kappa shape index (κ2) is 6.12. The predicted octanol–water partition coefficient (Wildman–Crippen LogP) is 3.36. The number of hydrogen-bond donors (Lipinski definition) is 1. The molecule has 0 aliphatic rings. The van der Waals surface area contributed by atoms with E-state index in [9.17, 15) is 10.1 Å². The maximum atomic E-state index is 10.8. The number of benzene rings is 1. The van der Waals surface area contributed by atoms with Crippen molar-refractivity contribution < 1.29 is 4.92 Å². The lowest BCUT2D eigenvalue weighted by atomic mass is 10.2. The molecule has 0 spiro atoms. The van der Waals surface area contributed by atoms with Crippen molar-refractivity contribution in [2.45, 2.75) is 6.54 Å². The van der Waals surface area contributed by atoms with Crippen LogP contribution in [0.4, 0.5) is 5.69 Å². The summed E-state index contributed by atoms with van der Waals surface area (Å²) in [5.41, 5.74) is 0.768. The number of hydrogen-bond acceptors (Lipinski definition) is 3. The van der Waals surface area contributed by atoms with Crippen molar-refractivity contribution in [3.8, 4) is 0 Å². The second-order valence-corrected chi connectivity index (χ2v) is 5.19. The maximum absolute atomic E-state index is 10.8. The lowest BCUT2D eigenvalue weighted by Crippen LogP contribution is -2.15.